The van der Waals surface area contributed by atoms with Gasteiger partial charge in [-0.3, -0.25) is 9.36 Å². The fourth-order valence-electron chi connectivity index (χ4n) is 1.32. The molecule has 15 heavy (non-hydrogen) atoms. The van der Waals surface area contributed by atoms with Crippen molar-refractivity contribution in [1.82, 2.24) is 9.55 Å². The third-order valence-electron chi connectivity index (χ3n) is 2.01. The van der Waals surface area contributed by atoms with Crippen LogP contribution in [-0.2, 0) is 11.3 Å². The van der Waals surface area contributed by atoms with E-state index in [1.165, 1.54) is 17.7 Å². The van der Waals surface area contributed by atoms with Gasteiger partial charge < -0.3 is 9.47 Å². The molecule has 0 aliphatic rings. The van der Waals surface area contributed by atoms with Gasteiger partial charge in [-0.15, -0.1) is 0 Å². The molecule has 0 aliphatic heterocycles. The van der Waals surface area contributed by atoms with Crippen LogP contribution in [-0.4, -0.2) is 30.4 Å². The monoisotopic (exact) mass is 212 g/mol. The van der Waals surface area contributed by atoms with Gasteiger partial charge in [0.05, 0.1) is 7.11 Å². The largest absolute Gasteiger partial charge is 0.468 e. The average Bonchev–Trinajstić information content (AvgIpc) is 2.20. The molecule has 0 amide bonds. The quantitative estimate of drug-likeness (QED) is 0.670. The summed E-state index contributed by atoms with van der Waals surface area (Å²) in [5.74, 6) is 0. The van der Waals surface area contributed by atoms with Gasteiger partial charge >= 0.3 is 0 Å². The van der Waals surface area contributed by atoms with Gasteiger partial charge in [0, 0.05) is 32.0 Å². The normalized spacial score (nSPS) is 10.3. The van der Waals surface area contributed by atoms with E-state index in [4.69, 9.17) is 9.47 Å². The predicted molar refractivity (Wildman–Crippen MR) is 56.3 cm³/mol. The molecule has 0 spiro atoms. The van der Waals surface area contributed by atoms with Gasteiger partial charge in [-0.25, -0.2) is 4.98 Å². The molecule has 0 atom stereocenters. The summed E-state index contributed by atoms with van der Waals surface area (Å²) in [4.78, 5) is 15.7. The van der Waals surface area contributed by atoms with Crippen LogP contribution in [0.3, 0.4) is 0 Å². The van der Waals surface area contributed by atoms with E-state index >= 15 is 0 Å². The molecule has 0 aliphatic carbocycles. The zero-order valence-corrected chi connectivity index (χ0v) is 9.32. The number of aromatic nitrogens is 2. The van der Waals surface area contributed by atoms with Crippen LogP contribution in [0.1, 0.15) is 12.1 Å². The van der Waals surface area contributed by atoms with E-state index in [0.717, 1.165) is 6.42 Å². The lowest BCUT2D eigenvalue weighted by Gasteiger charge is -2.10. The third-order valence-corrected chi connectivity index (χ3v) is 2.01. The lowest BCUT2D eigenvalue weighted by atomic mass is 10.4. The van der Waals surface area contributed by atoms with Crippen molar-refractivity contribution < 1.29 is 9.47 Å². The van der Waals surface area contributed by atoms with Gasteiger partial charge in [-0.05, 0) is 13.3 Å². The van der Waals surface area contributed by atoms with Crippen LogP contribution < -0.4 is 10.3 Å². The van der Waals surface area contributed by atoms with Gasteiger partial charge in [0.1, 0.15) is 0 Å². The van der Waals surface area contributed by atoms with Gasteiger partial charge in [-0.1, -0.05) is 0 Å². The van der Waals surface area contributed by atoms with Crippen molar-refractivity contribution in [2.75, 3.05) is 20.8 Å². The number of rotatable bonds is 5. The molecule has 84 valence electrons. The van der Waals surface area contributed by atoms with Gasteiger partial charge in [0.2, 0.25) is 0 Å². The molecule has 1 aromatic rings. The van der Waals surface area contributed by atoms with E-state index in [1.807, 2.05) is 0 Å². The second-order valence-electron chi connectivity index (χ2n) is 3.22. The Bertz CT molecular complexity index is 373. The van der Waals surface area contributed by atoms with Gasteiger partial charge in [0.15, 0.2) is 0 Å². The number of hydrogen-bond acceptors (Lipinski definition) is 4. The van der Waals surface area contributed by atoms with Crippen LogP contribution in [0.25, 0.3) is 0 Å². The molecule has 0 saturated heterocycles. The molecule has 1 rings (SSSR count). The molecule has 0 unspecified atom stereocenters. The molecule has 5 nitrogen and oxygen atoms in total. The third kappa shape index (κ3) is 3.06. The Labute approximate surface area is 88.7 Å². The number of hydrogen-bond donors (Lipinski definition) is 0. The van der Waals surface area contributed by atoms with Crippen LogP contribution in [0.4, 0.5) is 0 Å². The van der Waals surface area contributed by atoms with E-state index in [9.17, 15) is 4.79 Å². The predicted octanol–water partition coefficient (Wildman–Crippen LogP) is 0.597. The van der Waals surface area contributed by atoms with E-state index in [2.05, 4.69) is 4.98 Å². The standard InChI is InChI=1S/C10H16N2O3/c1-8-7-9(13)12(5-4-6-14-2)10(11-8)15-3/h7H,4-6H2,1-3H3. The second kappa shape index (κ2) is 5.50. The first-order valence-corrected chi connectivity index (χ1v) is 4.80. The molecule has 0 saturated carbocycles. The lowest BCUT2D eigenvalue weighted by molar-refractivity contribution is 0.188. The molecule has 0 fully saturated rings. The van der Waals surface area contributed by atoms with Gasteiger partial charge in [0.25, 0.3) is 11.6 Å². The minimum atomic E-state index is -0.0875. The fraction of sp³-hybridized carbons (Fsp3) is 0.600. The number of ether oxygens (including phenoxy) is 2. The van der Waals surface area contributed by atoms with Crippen molar-refractivity contribution in [3.63, 3.8) is 0 Å². The molecule has 0 N–H and O–H groups in total. The van der Waals surface area contributed by atoms with Crippen LogP contribution in [0, 0.1) is 6.92 Å². The Balaban J connectivity index is 2.89. The second-order valence-corrected chi connectivity index (χ2v) is 3.22. The Morgan fingerprint density at radius 1 is 1.47 bits per heavy atom. The van der Waals surface area contributed by atoms with E-state index < -0.39 is 0 Å². The zero-order valence-electron chi connectivity index (χ0n) is 9.32. The summed E-state index contributed by atoms with van der Waals surface area (Å²) in [7, 11) is 3.14. The Hall–Kier alpha value is -1.36. The summed E-state index contributed by atoms with van der Waals surface area (Å²) in [6.45, 7) is 2.94. The summed E-state index contributed by atoms with van der Waals surface area (Å²) in [5, 5.41) is 0. The zero-order chi connectivity index (χ0) is 11.3. The minimum absolute atomic E-state index is 0.0875. The summed E-state index contributed by atoms with van der Waals surface area (Å²) in [6.07, 6.45) is 0.761. The van der Waals surface area contributed by atoms with Crippen molar-refractivity contribution >= 4 is 0 Å². The fourth-order valence-corrected chi connectivity index (χ4v) is 1.32. The van der Waals surface area contributed by atoms with E-state index in [1.54, 1.807) is 14.0 Å². The van der Waals surface area contributed by atoms with Crippen molar-refractivity contribution in [2.45, 2.75) is 19.9 Å². The maximum atomic E-state index is 11.6. The number of aryl methyl sites for hydroxylation is 1. The molecule has 0 aromatic carbocycles. The van der Waals surface area contributed by atoms with Crippen molar-refractivity contribution in [3.8, 4) is 6.01 Å². The highest BCUT2D eigenvalue weighted by Gasteiger charge is 2.06. The highest BCUT2D eigenvalue weighted by Crippen LogP contribution is 2.04. The summed E-state index contributed by atoms with van der Waals surface area (Å²) in [5.41, 5.74) is 0.579. The number of methoxy groups -OCH3 is 2. The lowest BCUT2D eigenvalue weighted by Crippen LogP contribution is -2.23. The van der Waals surface area contributed by atoms with Crippen LogP contribution in [0.15, 0.2) is 10.9 Å². The summed E-state index contributed by atoms with van der Waals surface area (Å²) < 4.78 is 11.5. The average molecular weight is 212 g/mol. The maximum absolute atomic E-state index is 11.6. The van der Waals surface area contributed by atoms with Crippen molar-refractivity contribution in [1.29, 1.82) is 0 Å². The van der Waals surface area contributed by atoms with Crippen molar-refractivity contribution in [2.24, 2.45) is 0 Å². The highest BCUT2D eigenvalue weighted by atomic mass is 16.5. The molecular weight excluding hydrogens is 196 g/mol. The summed E-state index contributed by atoms with van der Waals surface area (Å²) in [6, 6.07) is 1.85. The molecule has 1 aromatic heterocycles. The summed E-state index contributed by atoms with van der Waals surface area (Å²) >= 11 is 0. The topological polar surface area (TPSA) is 53.4 Å². The minimum Gasteiger partial charge on any atom is -0.468 e. The van der Waals surface area contributed by atoms with Crippen LogP contribution in [0.2, 0.25) is 0 Å². The Morgan fingerprint density at radius 2 is 2.20 bits per heavy atom. The maximum Gasteiger partial charge on any atom is 0.299 e. The number of nitrogens with zero attached hydrogens (tertiary/aromatic N) is 2. The SMILES string of the molecule is COCCCn1c(OC)nc(C)cc1=O. The van der Waals surface area contributed by atoms with Crippen LogP contribution >= 0.6 is 0 Å². The molecule has 5 heteroatoms. The first-order chi connectivity index (χ1) is 7.19. The smallest absolute Gasteiger partial charge is 0.299 e. The Morgan fingerprint density at radius 3 is 2.80 bits per heavy atom. The van der Waals surface area contributed by atoms with Crippen LogP contribution in [0.5, 0.6) is 6.01 Å². The van der Waals surface area contributed by atoms with Crippen molar-refractivity contribution in [3.05, 3.63) is 22.1 Å². The first kappa shape index (κ1) is 11.7. The molecular formula is C10H16N2O3. The van der Waals surface area contributed by atoms with E-state index in [0.29, 0.717) is 24.9 Å². The highest BCUT2D eigenvalue weighted by molar-refractivity contribution is 5.06. The molecule has 0 bridgehead atoms. The molecule has 1 heterocycles. The molecule has 0 radical (unpaired) electrons. The van der Waals surface area contributed by atoms with E-state index in [-0.39, 0.29) is 5.56 Å². The Kier molecular flexibility index (Phi) is 4.30. The van der Waals surface area contributed by atoms with Gasteiger partial charge in [-0.2, -0.15) is 0 Å². The first-order valence-electron chi connectivity index (χ1n) is 4.80.